The quantitative estimate of drug-likeness (QED) is 0.710. The Hall–Kier alpha value is -1.13. The second kappa shape index (κ2) is 4.79. The smallest absolute Gasteiger partial charge is 0.213 e. The second-order valence-electron chi connectivity index (χ2n) is 2.79. The van der Waals surface area contributed by atoms with Crippen molar-refractivity contribution in [3.8, 4) is 5.88 Å². The lowest BCUT2D eigenvalue weighted by Crippen LogP contribution is -2.06. The van der Waals surface area contributed by atoms with E-state index >= 15 is 0 Å². The van der Waals surface area contributed by atoms with Crippen LogP contribution in [-0.2, 0) is 0 Å². The lowest BCUT2D eigenvalue weighted by Gasteiger charge is -2.06. The minimum absolute atomic E-state index is 0.00325. The van der Waals surface area contributed by atoms with E-state index in [1.165, 1.54) is 0 Å². The molecule has 0 unspecified atom stereocenters. The number of hydrogen-bond acceptors (Lipinski definition) is 4. The first-order chi connectivity index (χ1) is 6.24. The summed E-state index contributed by atoms with van der Waals surface area (Å²) in [5, 5.41) is 8.50. The number of aliphatic hydroxyl groups excluding tert-OH is 1. The minimum atomic E-state index is -0.0145. The van der Waals surface area contributed by atoms with E-state index in [9.17, 15) is 0 Å². The maximum Gasteiger partial charge on any atom is 0.213 e. The van der Waals surface area contributed by atoms with Crippen molar-refractivity contribution >= 4 is 0 Å². The van der Waals surface area contributed by atoms with Crippen LogP contribution in [0, 0.1) is 0 Å². The van der Waals surface area contributed by atoms with Gasteiger partial charge in [0.15, 0.2) is 0 Å². The molecule has 3 N–H and O–H groups in total. The van der Waals surface area contributed by atoms with Gasteiger partial charge in [-0.05, 0) is 12.5 Å². The zero-order valence-corrected chi connectivity index (χ0v) is 7.60. The summed E-state index contributed by atoms with van der Waals surface area (Å²) in [5.74, 6) is 0.512. The van der Waals surface area contributed by atoms with Gasteiger partial charge in [0, 0.05) is 18.3 Å². The van der Waals surface area contributed by atoms with Gasteiger partial charge in [-0.3, -0.25) is 0 Å². The van der Waals surface area contributed by atoms with Crippen molar-refractivity contribution in [2.45, 2.75) is 13.0 Å². The molecule has 4 heteroatoms. The predicted octanol–water partition coefficient (Wildman–Crippen LogP) is 0.472. The van der Waals surface area contributed by atoms with Gasteiger partial charge >= 0.3 is 0 Å². The van der Waals surface area contributed by atoms with Gasteiger partial charge in [-0.25, -0.2) is 4.98 Å². The maximum atomic E-state index is 8.50. The normalized spacial score (nSPS) is 12.5. The highest BCUT2D eigenvalue weighted by Gasteiger charge is 2.00. The molecular formula is C9H14N2O2. The van der Waals surface area contributed by atoms with Crippen LogP contribution in [0.2, 0.25) is 0 Å². The average molecular weight is 182 g/mol. The molecule has 0 aliphatic rings. The summed E-state index contributed by atoms with van der Waals surface area (Å²) in [4.78, 5) is 4.02. The van der Waals surface area contributed by atoms with Crippen molar-refractivity contribution in [1.29, 1.82) is 0 Å². The summed E-state index contributed by atoms with van der Waals surface area (Å²) in [6.07, 6.45) is 1.68. The van der Waals surface area contributed by atoms with Crippen molar-refractivity contribution in [1.82, 2.24) is 4.98 Å². The summed E-state index contributed by atoms with van der Waals surface area (Å²) < 4.78 is 5.09. The third-order valence-corrected chi connectivity index (χ3v) is 1.63. The van der Waals surface area contributed by atoms with Crippen molar-refractivity contribution in [3.05, 3.63) is 23.9 Å². The second-order valence-corrected chi connectivity index (χ2v) is 2.79. The summed E-state index contributed by atoms with van der Waals surface area (Å²) in [5.41, 5.74) is 6.61. The Kier molecular flexibility index (Phi) is 3.67. The van der Waals surface area contributed by atoms with Crippen molar-refractivity contribution in [3.63, 3.8) is 0 Å². The van der Waals surface area contributed by atoms with Crippen LogP contribution in [0.5, 0.6) is 5.88 Å². The van der Waals surface area contributed by atoms with Gasteiger partial charge < -0.3 is 15.6 Å². The number of nitrogens with two attached hydrogens (primary N) is 1. The van der Waals surface area contributed by atoms with Gasteiger partial charge in [0.1, 0.15) is 6.61 Å². The predicted molar refractivity (Wildman–Crippen MR) is 49.4 cm³/mol. The van der Waals surface area contributed by atoms with Gasteiger partial charge in [-0.15, -0.1) is 0 Å². The summed E-state index contributed by atoms with van der Waals surface area (Å²) >= 11 is 0. The standard InChI is InChI=1S/C9H14N2O2/c1-7(10)8-2-3-9(11-6-8)13-5-4-12/h2-3,6-7,12H,4-5,10H2,1H3/t7-/m1/s1. The Bertz CT molecular complexity index is 246. The first-order valence-corrected chi connectivity index (χ1v) is 4.19. The lowest BCUT2D eigenvalue weighted by molar-refractivity contribution is 0.196. The number of rotatable bonds is 4. The Morgan fingerprint density at radius 2 is 2.38 bits per heavy atom. The zero-order valence-electron chi connectivity index (χ0n) is 7.60. The molecule has 0 saturated heterocycles. The number of ether oxygens (including phenoxy) is 1. The van der Waals surface area contributed by atoms with Crippen LogP contribution in [0.3, 0.4) is 0 Å². The molecule has 1 rings (SSSR count). The molecule has 0 saturated carbocycles. The fourth-order valence-electron chi connectivity index (χ4n) is 0.897. The van der Waals surface area contributed by atoms with Crippen molar-refractivity contribution in [2.24, 2.45) is 5.73 Å². The Morgan fingerprint density at radius 1 is 1.62 bits per heavy atom. The van der Waals surface area contributed by atoms with Crippen LogP contribution in [0.15, 0.2) is 18.3 Å². The van der Waals surface area contributed by atoms with Crippen LogP contribution in [0.25, 0.3) is 0 Å². The van der Waals surface area contributed by atoms with Crippen LogP contribution in [0.4, 0.5) is 0 Å². The fraction of sp³-hybridized carbons (Fsp3) is 0.444. The highest BCUT2D eigenvalue weighted by atomic mass is 16.5. The Balaban J connectivity index is 2.59. The monoisotopic (exact) mass is 182 g/mol. The average Bonchev–Trinajstić information content (AvgIpc) is 2.15. The molecule has 1 aromatic rings. The van der Waals surface area contributed by atoms with E-state index in [0.29, 0.717) is 5.88 Å². The van der Waals surface area contributed by atoms with Gasteiger partial charge in [-0.2, -0.15) is 0 Å². The van der Waals surface area contributed by atoms with Gasteiger partial charge in [0.2, 0.25) is 5.88 Å². The number of pyridine rings is 1. The van der Waals surface area contributed by atoms with E-state index in [-0.39, 0.29) is 19.3 Å². The summed E-state index contributed by atoms with van der Waals surface area (Å²) in [6.45, 7) is 2.16. The molecule has 1 heterocycles. The molecule has 4 nitrogen and oxygen atoms in total. The molecule has 72 valence electrons. The zero-order chi connectivity index (χ0) is 9.68. The molecule has 0 amide bonds. The lowest BCUT2D eigenvalue weighted by atomic mass is 10.2. The van der Waals surface area contributed by atoms with Gasteiger partial charge in [0.25, 0.3) is 0 Å². The number of aliphatic hydroxyl groups is 1. The van der Waals surface area contributed by atoms with Crippen LogP contribution in [-0.4, -0.2) is 23.3 Å². The van der Waals surface area contributed by atoms with E-state index in [4.69, 9.17) is 15.6 Å². The largest absolute Gasteiger partial charge is 0.475 e. The van der Waals surface area contributed by atoms with Crippen LogP contribution < -0.4 is 10.5 Å². The third kappa shape index (κ3) is 3.01. The topological polar surface area (TPSA) is 68.4 Å². The molecule has 0 radical (unpaired) electrons. The number of aromatic nitrogens is 1. The molecule has 1 atom stereocenters. The van der Waals surface area contributed by atoms with Gasteiger partial charge in [-0.1, -0.05) is 6.07 Å². The molecule has 0 fully saturated rings. The molecule has 0 aliphatic carbocycles. The first-order valence-electron chi connectivity index (χ1n) is 4.19. The summed E-state index contributed by atoms with van der Waals surface area (Å²) in [7, 11) is 0. The van der Waals surface area contributed by atoms with E-state index in [1.807, 2.05) is 13.0 Å². The Labute approximate surface area is 77.4 Å². The van der Waals surface area contributed by atoms with E-state index < -0.39 is 0 Å². The van der Waals surface area contributed by atoms with Crippen molar-refractivity contribution in [2.75, 3.05) is 13.2 Å². The van der Waals surface area contributed by atoms with Gasteiger partial charge in [0.05, 0.1) is 6.61 Å². The third-order valence-electron chi connectivity index (χ3n) is 1.63. The van der Waals surface area contributed by atoms with Crippen molar-refractivity contribution < 1.29 is 9.84 Å². The van der Waals surface area contributed by atoms with Crippen LogP contribution >= 0.6 is 0 Å². The molecule has 0 aliphatic heterocycles. The number of nitrogens with zero attached hydrogens (tertiary/aromatic N) is 1. The highest BCUT2D eigenvalue weighted by molar-refractivity contribution is 5.19. The van der Waals surface area contributed by atoms with E-state index in [2.05, 4.69) is 4.98 Å². The number of hydrogen-bond donors (Lipinski definition) is 2. The summed E-state index contributed by atoms with van der Waals surface area (Å²) in [6, 6.07) is 3.60. The van der Waals surface area contributed by atoms with Crippen LogP contribution in [0.1, 0.15) is 18.5 Å². The molecule has 0 aromatic carbocycles. The molecule has 0 spiro atoms. The molecule has 13 heavy (non-hydrogen) atoms. The minimum Gasteiger partial charge on any atom is -0.475 e. The fourth-order valence-corrected chi connectivity index (χ4v) is 0.897. The molecular weight excluding hydrogens is 168 g/mol. The molecule has 1 aromatic heterocycles. The maximum absolute atomic E-state index is 8.50. The molecule has 0 bridgehead atoms. The highest BCUT2D eigenvalue weighted by Crippen LogP contribution is 2.11. The SMILES string of the molecule is C[C@@H](N)c1ccc(OCCO)nc1. The van der Waals surface area contributed by atoms with E-state index in [0.717, 1.165) is 5.56 Å². The van der Waals surface area contributed by atoms with E-state index in [1.54, 1.807) is 12.3 Å². The first kappa shape index (κ1) is 9.95. The Morgan fingerprint density at radius 3 is 2.85 bits per heavy atom.